The molecule has 0 aliphatic carbocycles. The highest BCUT2D eigenvalue weighted by Crippen LogP contribution is 2.19. The van der Waals surface area contributed by atoms with Crippen LogP contribution in [0.1, 0.15) is 25.3 Å². The zero-order valence-electron chi connectivity index (χ0n) is 11.5. The number of likely N-dealkylation sites (tertiary alicyclic amines) is 1. The third-order valence-electron chi connectivity index (χ3n) is 3.58. The molecule has 1 atom stereocenters. The molecular formula is C15H20N2O2. The first-order valence-corrected chi connectivity index (χ1v) is 6.65. The van der Waals surface area contributed by atoms with Gasteiger partial charge in [-0.05, 0) is 18.4 Å². The maximum absolute atomic E-state index is 12.4. The van der Waals surface area contributed by atoms with Crippen LogP contribution in [0, 0.1) is 0 Å². The summed E-state index contributed by atoms with van der Waals surface area (Å²) in [6, 6.07) is 9.62. The Kier molecular flexibility index (Phi) is 4.20. The summed E-state index contributed by atoms with van der Waals surface area (Å²) in [4.78, 5) is 27.3. The molecule has 0 aromatic heterocycles. The molecule has 4 heteroatoms. The number of benzene rings is 1. The second-order valence-corrected chi connectivity index (χ2v) is 5.05. The standard InChI is InChI=1S/C15H20N2O2/c1-12(18)17-10-6-9-14(17)15(19)16(2)11-13-7-4-3-5-8-13/h3-5,7-8,14H,6,9-11H2,1-2H3. The van der Waals surface area contributed by atoms with E-state index in [0.717, 1.165) is 18.4 Å². The van der Waals surface area contributed by atoms with Gasteiger partial charge in [0.1, 0.15) is 6.04 Å². The second kappa shape index (κ2) is 5.87. The maximum atomic E-state index is 12.4. The van der Waals surface area contributed by atoms with Crippen molar-refractivity contribution in [2.45, 2.75) is 32.4 Å². The molecule has 1 aromatic carbocycles. The monoisotopic (exact) mass is 260 g/mol. The number of likely N-dealkylation sites (N-methyl/N-ethyl adjacent to an activating group) is 1. The Bertz CT molecular complexity index is 458. The zero-order chi connectivity index (χ0) is 13.8. The zero-order valence-corrected chi connectivity index (χ0v) is 11.5. The SMILES string of the molecule is CC(=O)N1CCCC1C(=O)N(C)Cc1ccccc1. The van der Waals surface area contributed by atoms with Gasteiger partial charge in [-0.1, -0.05) is 30.3 Å². The number of hydrogen-bond donors (Lipinski definition) is 0. The van der Waals surface area contributed by atoms with Crippen LogP contribution >= 0.6 is 0 Å². The van der Waals surface area contributed by atoms with Gasteiger partial charge in [0, 0.05) is 27.1 Å². The fourth-order valence-corrected chi connectivity index (χ4v) is 2.59. The highest BCUT2D eigenvalue weighted by molar-refractivity contribution is 5.87. The Hall–Kier alpha value is -1.84. The lowest BCUT2D eigenvalue weighted by molar-refractivity contribution is -0.142. The molecule has 1 fully saturated rings. The van der Waals surface area contributed by atoms with Crippen molar-refractivity contribution >= 4 is 11.8 Å². The third-order valence-corrected chi connectivity index (χ3v) is 3.58. The number of nitrogens with zero attached hydrogens (tertiary/aromatic N) is 2. The molecule has 1 unspecified atom stereocenters. The average Bonchev–Trinajstić information content (AvgIpc) is 2.88. The fourth-order valence-electron chi connectivity index (χ4n) is 2.59. The summed E-state index contributed by atoms with van der Waals surface area (Å²) in [6.07, 6.45) is 1.69. The maximum Gasteiger partial charge on any atom is 0.245 e. The molecule has 2 rings (SSSR count). The number of hydrogen-bond acceptors (Lipinski definition) is 2. The molecule has 1 aliphatic heterocycles. The second-order valence-electron chi connectivity index (χ2n) is 5.05. The molecule has 0 bridgehead atoms. The minimum absolute atomic E-state index is 0.0102. The molecule has 1 saturated heterocycles. The van der Waals surface area contributed by atoms with Gasteiger partial charge in [0.15, 0.2) is 0 Å². The van der Waals surface area contributed by atoms with Crippen LogP contribution < -0.4 is 0 Å². The number of rotatable bonds is 3. The van der Waals surface area contributed by atoms with Crippen LogP contribution in [0.3, 0.4) is 0 Å². The quantitative estimate of drug-likeness (QED) is 0.829. The van der Waals surface area contributed by atoms with E-state index in [1.807, 2.05) is 30.3 Å². The lowest BCUT2D eigenvalue weighted by Gasteiger charge is -2.27. The highest BCUT2D eigenvalue weighted by Gasteiger charge is 2.33. The molecule has 0 N–H and O–H groups in total. The Morgan fingerprint density at radius 2 is 2.00 bits per heavy atom. The molecule has 102 valence electrons. The molecule has 1 heterocycles. The Morgan fingerprint density at radius 1 is 1.32 bits per heavy atom. The largest absolute Gasteiger partial charge is 0.340 e. The van der Waals surface area contributed by atoms with E-state index in [9.17, 15) is 9.59 Å². The topological polar surface area (TPSA) is 40.6 Å². The predicted molar refractivity (Wildman–Crippen MR) is 73.3 cm³/mol. The average molecular weight is 260 g/mol. The van der Waals surface area contributed by atoms with E-state index >= 15 is 0 Å². The minimum atomic E-state index is -0.272. The summed E-state index contributed by atoms with van der Waals surface area (Å²) in [7, 11) is 1.80. The van der Waals surface area contributed by atoms with Crippen molar-refractivity contribution in [3.8, 4) is 0 Å². The van der Waals surface area contributed by atoms with E-state index in [-0.39, 0.29) is 17.9 Å². The molecular weight excluding hydrogens is 240 g/mol. The normalized spacial score (nSPS) is 18.4. The first-order valence-electron chi connectivity index (χ1n) is 6.65. The summed E-state index contributed by atoms with van der Waals surface area (Å²) in [6.45, 7) is 2.82. The van der Waals surface area contributed by atoms with E-state index in [4.69, 9.17) is 0 Å². The van der Waals surface area contributed by atoms with Crippen molar-refractivity contribution in [1.82, 2.24) is 9.80 Å². The summed E-state index contributed by atoms with van der Waals surface area (Å²) >= 11 is 0. The van der Waals surface area contributed by atoms with Crippen LogP contribution in [-0.2, 0) is 16.1 Å². The van der Waals surface area contributed by atoms with E-state index in [2.05, 4.69) is 0 Å². The van der Waals surface area contributed by atoms with Crippen LogP contribution in [-0.4, -0.2) is 41.2 Å². The van der Waals surface area contributed by atoms with Gasteiger partial charge in [0.2, 0.25) is 11.8 Å². The van der Waals surface area contributed by atoms with E-state index in [1.54, 1.807) is 16.8 Å². The van der Waals surface area contributed by atoms with Crippen molar-refractivity contribution in [2.75, 3.05) is 13.6 Å². The molecule has 1 aliphatic rings. The van der Waals surface area contributed by atoms with Crippen molar-refractivity contribution in [3.05, 3.63) is 35.9 Å². The van der Waals surface area contributed by atoms with Gasteiger partial charge in [0.05, 0.1) is 0 Å². The molecule has 0 radical (unpaired) electrons. The van der Waals surface area contributed by atoms with Crippen LogP contribution in [0.2, 0.25) is 0 Å². The van der Waals surface area contributed by atoms with Gasteiger partial charge in [-0.2, -0.15) is 0 Å². The molecule has 0 saturated carbocycles. The van der Waals surface area contributed by atoms with Crippen molar-refractivity contribution in [1.29, 1.82) is 0 Å². The van der Waals surface area contributed by atoms with E-state index in [0.29, 0.717) is 13.1 Å². The van der Waals surface area contributed by atoms with Crippen LogP contribution in [0.5, 0.6) is 0 Å². The van der Waals surface area contributed by atoms with Gasteiger partial charge in [-0.15, -0.1) is 0 Å². The van der Waals surface area contributed by atoms with Gasteiger partial charge in [-0.25, -0.2) is 0 Å². The first-order chi connectivity index (χ1) is 9.09. The molecule has 2 amide bonds. The van der Waals surface area contributed by atoms with Gasteiger partial charge >= 0.3 is 0 Å². The highest BCUT2D eigenvalue weighted by atomic mass is 16.2. The molecule has 0 spiro atoms. The molecule has 1 aromatic rings. The van der Waals surface area contributed by atoms with Crippen LogP contribution in [0.15, 0.2) is 30.3 Å². The fraction of sp³-hybridized carbons (Fsp3) is 0.467. The first kappa shape index (κ1) is 13.6. The van der Waals surface area contributed by atoms with Crippen molar-refractivity contribution in [3.63, 3.8) is 0 Å². The lowest BCUT2D eigenvalue weighted by Crippen LogP contribution is -2.45. The summed E-state index contributed by atoms with van der Waals surface area (Å²) in [5.41, 5.74) is 1.10. The van der Waals surface area contributed by atoms with Gasteiger partial charge in [-0.3, -0.25) is 9.59 Å². The number of carbonyl (C=O) groups excluding carboxylic acids is 2. The van der Waals surface area contributed by atoms with E-state index < -0.39 is 0 Å². The lowest BCUT2D eigenvalue weighted by atomic mass is 10.1. The Balaban J connectivity index is 2.01. The third kappa shape index (κ3) is 3.13. The summed E-state index contributed by atoms with van der Waals surface area (Å²) in [5.74, 6) is 0.0283. The van der Waals surface area contributed by atoms with Gasteiger partial charge in [0.25, 0.3) is 0 Å². The predicted octanol–water partition coefficient (Wildman–Crippen LogP) is 1.66. The molecule has 4 nitrogen and oxygen atoms in total. The van der Waals surface area contributed by atoms with Crippen LogP contribution in [0.25, 0.3) is 0 Å². The van der Waals surface area contributed by atoms with Crippen LogP contribution in [0.4, 0.5) is 0 Å². The number of carbonyl (C=O) groups is 2. The smallest absolute Gasteiger partial charge is 0.245 e. The summed E-state index contributed by atoms with van der Waals surface area (Å²) in [5, 5.41) is 0. The van der Waals surface area contributed by atoms with E-state index in [1.165, 1.54) is 6.92 Å². The molecule has 19 heavy (non-hydrogen) atoms. The van der Waals surface area contributed by atoms with Crippen molar-refractivity contribution in [2.24, 2.45) is 0 Å². The number of amides is 2. The van der Waals surface area contributed by atoms with Gasteiger partial charge < -0.3 is 9.80 Å². The minimum Gasteiger partial charge on any atom is -0.340 e. The Morgan fingerprint density at radius 3 is 2.63 bits per heavy atom. The van der Waals surface area contributed by atoms with Crippen molar-refractivity contribution < 1.29 is 9.59 Å². The Labute approximate surface area is 114 Å². The summed E-state index contributed by atoms with van der Waals surface area (Å²) < 4.78 is 0.